The molecule has 4 heteroatoms. The van der Waals surface area contributed by atoms with Crippen molar-refractivity contribution in [3.05, 3.63) is 0 Å². The first-order valence-electron chi connectivity index (χ1n) is 5.03. The molecule has 0 radical (unpaired) electrons. The molecule has 0 aromatic rings. The lowest BCUT2D eigenvalue weighted by Crippen LogP contribution is -2.38. The maximum atomic E-state index is 11.7. The number of sulfone groups is 1. The highest BCUT2D eigenvalue weighted by Gasteiger charge is 2.33. The molecule has 1 aliphatic heterocycles. The van der Waals surface area contributed by atoms with Gasteiger partial charge in [0.15, 0.2) is 9.84 Å². The summed E-state index contributed by atoms with van der Waals surface area (Å²) in [7, 11) is -2.83. The van der Waals surface area contributed by atoms with Gasteiger partial charge in [0.1, 0.15) is 0 Å². The van der Waals surface area contributed by atoms with Gasteiger partial charge in [0.05, 0.1) is 11.0 Å². The van der Waals surface area contributed by atoms with E-state index in [1.165, 1.54) is 0 Å². The summed E-state index contributed by atoms with van der Waals surface area (Å²) < 4.78 is 23.4. The van der Waals surface area contributed by atoms with Crippen molar-refractivity contribution in [2.24, 2.45) is 11.7 Å². The maximum absolute atomic E-state index is 11.7. The van der Waals surface area contributed by atoms with E-state index in [0.29, 0.717) is 12.3 Å². The van der Waals surface area contributed by atoms with Gasteiger partial charge in [0.25, 0.3) is 0 Å². The highest BCUT2D eigenvalue weighted by atomic mass is 32.2. The van der Waals surface area contributed by atoms with E-state index >= 15 is 0 Å². The van der Waals surface area contributed by atoms with Crippen LogP contribution in [0, 0.1) is 5.92 Å². The Morgan fingerprint density at radius 2 is 2.15 bits per heavy atom. The van der Waals surface area contributed by atoms with Gasteiger partial charge in [-0.25, -0.2) is 8.42 Å². The Labute approximate surface area is 80.6 Å². The van der Waals surface area contributed by atoms with Crippen LogP contribution in [0.4, 0.5) is 0 Å². The first-order chi connectivity index (χ1) is 6.11. The topological polar surface area (TPSA) is 60.2 Å². The van der Waals surface area contributed by atoms with E-state index in [-0.39, 0.29) is 11.2 Å². The monoisotopic (exact) mass is 205 g/mol. The Balaban J connectivity index is 2.75. The SMILES string of the molecule is CCC(CN)C1CCCCS1(=O)=O. The van der Waals surface area contributed by atoms with E-state index in [1.54, 1.807) is 0 Å². The van der Waals surface area contributed by atoms with Crippen molar-refractivity contribution in [1.82, 2.24) is 0 Å². The quantitative estimate of drug-likeness (QED) is 0.746. The molecule has 1 heterocycles. The third-order valence-corrected chi connectivity index (χ3v) is 5.38. The number of hydrogen-bond acceptors (Lipinski definition) is 3. The van der Waals surface area contributed by atoms with Gasteiger partial charge in [0.2, 0.25) is 0 Å². The second-order valence-corrected chi connectivity index (χ2v) is 6.14. The molecule has 78 valence electrons. The molecular formula is C9H19NO2S. The number of nitrogens with two attached hydrogens (primary N) is 1. The van der Waals surface area contributed by atoms with E-state index in [9.17, 15) is 8.42 Å². The first kappa shape index (κ1) is 11.0. The third kappa shape index (κ3) is 2.44. The minimum Gasteiger partial charge on any atom is -0.330 e. The van der Waals surface area contributed by atoms with Crippen LogP contribution in [0.1, 0.15) is 32.6 Å². The molecule has 2 unspecified atom stereocenters. The standard InChI is InChI=1S/C9H19NO2S/c1-2-8(7-10)9-5-3-4-6-13(9,11)12/h8-9H,2-7,10H2,1H3. The minimum atomic E-state index is -2.83. The first-order valence-corrected chi connectivity index (χ1v) is 6.75. The van der Waals surface area contributed by atoms with Crippen molar-refractivity contribution in [3.8, 4) is 0 Å². The van der Waals surface area contributed by atoms with Crippen molar-refractivity contribution in [2.45, 2.75) is 37.9 Å². The van der Waals surface area contributed by atoms with Gasteiger partial charge in [-0.05, 0) is 25.3 Å². The second kappa shape index (κ2) is 4.42. The fourth-order valence-corrected chi connectivity index (χ4v) is 4.41. The molecule has 1 fully saturated rings. The van der Waals surface area contributed by atoms with E-state index in [1.807, 2.05) is 6.92 Å². The lowest BCUT2D eigenvalue weighted by molar-refractivity contribution is 0.428. The van der Waals surface area contributed by atoms with Crippen LogP contribution in [0.15, 0.2) is 0 Å². The molecule has 2 N–H and O–H groups in total. The fourth-order valence-electron chi connectivity index (χ4n) is 2.09. The zero-order valence-corrected chi connectivity index (χ0v) is 9.02. The van der Waals surface area contributed by atoms with Crippen molar-refractivity contribution < 1.29 is 8.42 Å². The molecule has 1 rings (SSSR count). The van der Waals surface area contributed by atoms with Crippen LogP contribution in [0.25, 0.3) is 0 Å². The van der Waals surface area contributed by atoms with Gasteiger partial charge in [-0.1, -0.05) is 19.8 Å². The maximum Gasteiger partial charge on any atom is 0.153 e. The fraction of sp³-hybridized carbons (Fsp3) is 1.00. The zero-order valence-electron chi connectivity index (χ0n) is 8.20. The number of hydrogen-bond donors (Lipinski definition) is 1. The van der Waals surface area contributed by atoms with Gasteiger partial charge < -0.3 is 5.73 Å². The average molecular weight is 205 g/mol. The van der Waals surface area contributed by atoms with Crippen molar-refractivity contribution >= 4 is 9.84 Å². The summed E-state index contributed by atoms with van der Waals surface area (Å²) in [5.41, 5.74) is 5.57. The lowest BCUT2D eigenvalue weighted by Gasteiger charge is -2.28. The van der Waals surface area contributed by atoms with Crippen molar-refractivity contribution in [2.75, 3.05) is 12.3 Å². The average Bonchev–Trinajstić information content (AvgIpc) is 2.09. The molecule has 2 atom stereocenters. The van der Waals surface area contributed by atoms with E-state index < -0.39 is 9.84 Å². The van der Waals surface area contributed by atoms with Crippen LogP contribution in [0.5, 0.6) is 0 Å². The van der Waals surface area contributed by atoms with Crippen LogP contribution < -0.4 is 5.73 Å². The highest BCUT2D eigenvalue weighted by molar-refractivity contribution is 7.92. The van der Waals surface area contributed by atoms with Gasteiger partial charge in [-0.3, -0.25) is 0 Å². The summed E-state index contributed by atoms with van der Waals surface area (Å²) in [6, 6.07) is 0. The number of rotatable bonds is 3. The van der Waals surface area contributed by atoms with Gasteiger partial charge >= 0.3 is 0 Å². The Morgan fingerprint density at radius 1 is 1.46 bits per heavy atom. The largest absolute Gasteiger partial charge is 0.330 e. The highest BCUT2D eigenvalue weighted by Crippen LogP contribution is 2.26. The molecule has 1 saturated heterocycles. The third-order valence-electron chi connectivity index (χ3n) is 2.98. The Hall–Kier alpha value is -0.0900. The van der Waals surface area contributed by atoms with Crippen molar-refractivity contribution in [1.29, 1.82) is 0 Å². The summed E-state index contributed by atoms with van der Waals surface area (Å²) in [5, 5.41) is -0.156. The summed E-state index contributed by atoms with van der Waals surface area (Å²) in [6.07, 6.45) is 3.57. The molecule has 0 aliphatic carbocycles. The van der Waals surface area contributed by atoms with Crippen molar-refractivity contribution in [3.63, 3.8) is 0 Å². The molecule has 1 aliphatic rings. The van der Waals surface area contributed by atoms with Gasteiger partial charge in [0, 0.05) is 0 Å². The molecule has 0 saturated carbocycles. The normalized spacial score (nSPS) is 29.8. The zero-order chi connectivity index (χ0) is 9.90. The van der Waals surface area contributed by atoms with E-state index in [0.717, 1.165) is 25.7 Å². The summed E-state index contributed by atoms with van der Waals surface area (Å²) in [4.78, 5) is 0. The van der Waals surface area contributed by atoms with Gasteiger partial charge in [-0.2, -0.15) is 0 Å². The Morgan fingerprint density at radius 3 is 2.62 bits per heavy atom. The second-order valence-electron chi connectivity index (χ2n) is 3.81. The van der Waals surface area contributed by atoms with Crippen LogP contribution in [-0.4, -0.2) is 26.0 Å². The predicted molar refractivity (Wildman–Crippen MR) is 54.3 cm³/mol. The molecular weight excluding hydrogens is 186 g/mol. The van der Waals surface area contributed by atoms with E-state index in [2.05, 4.69) is 0 Å². The molecule has 0 bridgehead atoms. The predicted octanol–water partition coefficient (Wildman–Crippen LogP) is 0.939. The molecule has 0 aromatic heterocycles. The van der Waals surface area contributed by atoms with Gasteiger partial charge in [-0.15, -0.1) is 0 Å². The smallest absolute Gasteiger partial charge is 0.153 e. The summed E-state index contributed by atoms with van der Waals surface area (Å²) in [5.74, 6) is 0.541. The molecule has 3 nitrogen and oxygen atoms in total. The van der Waals surface area contributed by atoms with Crippen LogP contribution in [0.2, 0.25) is 0 Å². The van der Waals surface area contributed by atoms with E-state index in [4.69, 9.17) is 5.73 Å². The molecule has 0 amide bonds. The van der Waals surface area contributed by atoms with Crippen LogP contribution >= 0.6 is 0 Å². The summed E-state index contributed by atoms with van der Waals surface area (Å²) in [6.45, 7) is 2.52. The van der Waals surface area contributed by atoms with Crippen LogP contribution in [0.3, 0.4) is 0 Å². The lowest BCUT2D eigenvalue weighted by atomic mass is 9.98. The van der Waals surface area contributed by atoms with Crippen LogP contribution in [-0.2, 0) is 9.84 Å². The molecule has 0 spiro atoms. The molecule has 0 aromatic carbocycles. The Bertz CT molecular complexity index is 244. The Kier molecular flexibility index (Phi) is 3.74. The summed E-state index contributed by atoms with van der Waals surface area (Å²) >= 11 is 0. The minimum absolute atomic E-state index is 0.156. The molecule has 13 heavy (non-hydrogen) atoms.